The highest BCUT2D eigenvalue weighted by Crippen LogP contribution is 2.04. The van der Waals surface area contributed by atoms with Crippen LogP contribution in [0.15, 0.2) is 0 Å². The SMILES string of the molecule is CC(=O)NCC(=O)N1CCOC(CO)C1. The molecule has 15 heavy (non-hydrogen) atoms. The lowest BCUT2D eigenvalue weighted by Gasteiger charge is -2.32. The summed E-state index contributed by atoms with van der Waals surface area (Å²) in [5.41, 5.74) is 0. The van der Waals surface area contributed by atoms with Crippen molar-refractivity contribution < 1.29 is 19.4 Å². The summed E-state index contributed by atoms with van der Waals surface area (Å²) in [4.78, 5) is 23.7. The molecule has 2 amide bonds. The van der Waals surface area contributed by atoms with Crippen LogP contribution in [-0.2, 0) is 14.3 Å². The summed E-state index contributed by atoms with van der Waals surface area (Å²) in [6.45, 7) is 2.60. The van der Waals surface area contributed by atoms with E-state index in [-0.39, 0.29) is 31.1 Å². The van der Waals surface area contributed by atoms with Crippen LogP contribution in [0.4, 0.5) is 0 Å². The average Bonchev–Trinajstić information content (AvgIpc) is 2.26. The molecular weight excluding hydrogens is 200 g/mol. The normalized spacial score (nSPS) is 21.2. The van der Waals surface area contributed by atoms with Crippen molar-refractivity contribution in [2.75, 3.05) is 32.8 Å². The number of aliphatic hydroxyl groups excluding tert-OH is 1. The van der Waals surface area contributed by atoms with Gasteiger partial charge in [0.15, 0.2) is 0 Å². The van der Waals surface area contributed by atoms with Crippen molar-refractivity contribution in [2.45, 2.75) is 13.0 Å². The van der Waals surface area contributed by atoms with Crippen LogP contribution in [0.3, 0.4) is 0 Å². The van der Waals surface area contributed by atoms with Crippen LogP contribution in [0, 0.1) is 0 Å². The monoisotopic (exact) mass is 216 g/mol. The van der Waals surface area contributed by atoms with Crippen molar-refractivity contribution in [3.63, 3.8) is 0 Å². The second-order valence-corrected chi connectivity index (χ2v) is 3.42. The number of carbonyl (C=O) groups excluding carboxylic acids is 2. The topological polar surface area (TPSA) is 78.9 Å². The molecule has 0 aromatic heterocycles. The fraction of sp³-hybridized carbons (Fsp3) is 0.778. The third kappa shape index (κ3) is 3.85. The van der Waals surface area contributed by atoms with Crippen LogP contribution in [0.2, 0.25) is 0 Å². The smallest absolute Gasteiger partial charge is 0.242 e. The van der Waals surface area contributed by atoms with Crippen LogP contribution in [0.5, 0.6) is 0 Å². The summed E-state index contributed by atoms with van der Waals surface area (Å²) in [7, 11) is 0. The van der Waals surface area contributed by atoms with Gasteiger partial charge in [-0.15, -0.1) is 0 Å². The molecule has 0 spiro atoms. The second kappa shape index (κ2) is 5.67. The highest BCUT2D eigenvalue weighted by molar-refractivity contribution is 5.83. The van der Waals surface area contributed by atoms with Crippen molar-refractivity contribution in [3.05, 3.63) is 0 Å². The van der Waals surface area contributed by atoms with E-state index in [4.69, 9.17) is 9.84 Å². The molecule has 1 saturated heterocycles. The van der Waals surface area contributed by atoms with Crippen molar-refractivity contribution in [1.82, 2.24) is 10.2 Å². The van der Waals surface area contributed by atoms with Crippen molar-refractivity contribution in [2.24, 2.45) is 0 Å². The van der Waals surface area contributed by atoms with Crippen LogP contribution in [-0.4, -0.2) is 60.8 Å². The molecule has 1 heterocycles. The maximum Gasteiger partial charge on any atom is 0.242 e. The molecule has 1 fully saturated rings. The first-order valence-corrected chi connectivity index (χ1v) is 4.88. The van der Waals surface area contributed by atoms with E-state index < -0.39 is 0 Å². The molecule has 1 unspecified atom stereocenters. The minimum absolute atomic E-state index is 0.00742. The van der Waals surface area contributed by atoms with Gasteiger partial charge in [-0.3, -0.25) is 9.59 Å². The summed E-state index contributed by atoms with van der Waals surface area (Å²) in [6.07, 6.45) is -0.306. The predicted molar refractivity (Wildman–Crippen MR) is 52.1 cm³/mol. The Kier molecular flexibility index (Phi) is 4.51. The Hall–Kier alpha value is -1.14. The largest absolute Gasteiger partial charge is 0.394 e. The maximum absolute atomic E-state index is 11.5. The van der Waals surface area contributed by atoms with Gasteiger partial charge >= 0.3 is 0 Å². The number of amides is 2. The maximum atomic E-state index is 11.5. The lowest BCUT2D eigenvalue weighted by atomic mass is 10.3. The van der Waals surface area contributed by atoms with Gasteiger partial charge in [0.25, 0.3) is 0 Å². The molecule has 6 heteroatoms. The van der Waals surface area contributed by atoms with Gasteiger partial charge in [-0.1, -0.05) is 0 Å². The third-order valence-electron chi connectivity index (χ3n) is 2.18. The Balaban J connectivity index is 2.35. The first-order valence-electron chi connectivity index (χ1n) is 4.88. The summed E-state index contributed by atoms with van der Waals surface area (Å²) >= 11 is 0. The van der Waals surface area contributed by atoms with Gasteiger partial charge in [0.05, 0.1) is 25.9 Å². The van der Waals surface area contributed by atoms with E-state index in [2.05, 4.69) is 5.32 Å². The minimum Gasteiger partial charge on any atom is -0.394 e. The molecule has 0 radical (unpaired) electrons. The standard InChI is InChI=1S/C9H16N2O4/c1-7(13)10-4-9(14)11-2-3-15-8(5-11)6-12/h8,12H,2-6H2,1H3,(H,10,13). The highest BCUT2D eigenvalue weighted by atomic mass is 16.5. The Labute approximate surface area is 88.2 Å². The number of nitrogens with zero attached hydrogens (tertiary/aromatic N) is 1. The van der Waals surface area contributed by atoms with Gasteiger partial charge in [-0.05, 0) is 0 Å². The predicted octanol–water partition coefficient (Wildman–Crippen LogP) is -1.66. The van der Waals surface area contributed by atoms with E-state index >= 15 is 0 Å². The van der Waals surface area contributed by atoms with Gasteiger partial charge in [-0.2, -0.15) is 0 Å². The van der Waals surface area contributed by atoms with Crippen molar-refractivity contribution in [3.8, 4) is 0 Å². The zero-order chi connectivity index (χ0) is 11.3. The Morgan fingerprint density at radius 2 is 2.33 bits per heavy atom. The lowest BCUT2D eigenvalue weighted by Crippen LogP contribution is -2.49. The summed E-state index contributed by atoms with van der Waals surface area (Å²) in [5, 5.41) is 11.3. The third-order valence-corrected chi connectivity index (χ3v) is 2.18. The summed E-state index contributed by atoms with van der Waals surface area (Å²) in [5.74, 6) is -0.373. The van der Waals surface area contributed by atoms with E-state index in [1.165, 1.54) is 6.92 Å². The number of aliphatic hydroxyl groups is 1. The Morgan fingerprint density at radius 1 is 1.60 bits per heavy atom. The van der Waals surface area contributed by atoms with Crippen LogP contribution >= 0.6 is 0 Å². The number of nitrogens with one attached hydrogen (secondary N) is 1. The quantitative estimate of drug-likeness (QED) is 0.592. The molecule has 0 aromatic carbocycles. The zero-order valence-corrected chi connectivity index (χ0v) is 8.73. The first kappa shape index (κ1) is 11.9. The van der Waals surface area contributed by atoms with E-state index in [1.807, 2.05) is 0 Å². The van der Waals surface area contributed by atoms with Gasteiger partial charge in [-0.25, -0.2) is 0 Å². The molecule has 6 nitrogen and oxygen atoms in total. The number of rotatable bonds is 3. The van der Waals surface area contributed by atoms with Crippen LogP contribution in [0.25, 0.3) is 0 Å². The molecule has 1 aliphatic rings. The summed E-state index contributed by atoms with van der Waals surface area (Å²) in [6, 6.07) is 0. The Bertz CT molecular complexity index is 244. The van der Waals surface area contributed by atoms with Crippen LogP contribution < -0.4 is 5.32 Å². The minimum atomic E-state index is -0.306. The zero-order valence-electron chi connectivity index (χ0n) is 8.73. The molecule has 0 aliphatic carbocycles. The van der Waals surface area contributed by atoms with Crippen LogP contribution in [0.1, 0.15) is 6.92 Å². The molecule has 86 valence electrons. The van der Waals surface area contributed by atoms with Gasteiger partial charge < -0.3 is 20.1 Å². The molecule has 1 rings (SSSR count). The number of ether oxygens (including phenoxy) is 1. The molecular formula is C9H16N2O4. The molecule has 0 saturated carbocycles. The fourth-order valence-corrected chi connectivity index (χ4v) is 1.37. The number of carbonyl (C=O) groups is 2. The van der Waals surface area contributed by atoms with Gasteiger partial charge in [0, 0.05) is 20.0 Å². The van der Waals surface area contributed by atoms with E-state index in [1.54, 1.807) is 4.90 Å². The first-order chi connectivity index (χ1) is 7.13. The van der Waals surface area contributed by atoms with E-state index in [0.29, 0.717) is 19.7 Å². The second-order valence-electron chi connectivity index (χ2n) is 3.42. The summed E-state index contributed by atoms with van der Waals surface area (Å²) < 4.78 is 5.20. The van der Waals surface area contributed by atoms with Gasteiger partial charge in [0.2, 0.25) is 11.8 Å². The average molecular weight is 216 g/mol. The van der Waals surface area contributed by atoms with Crippen molar-refractivity contribution in [1.29, 1.82) is 0 Å². The van der Waals surface area contributed by atoms with E-state index in [0.717, 1.165) is 0 Å². The van der Waals surface area contributed by atoms with E-state index in [9.17, 15) is 9.59 Å². The number of hydrogen-bond donors (Lipinski definition) is 2. The van der Waals surface area contributed by atoms with Gasteiger partial charge in [0.1, 0.15) is 0 Å². The molecule has 1 aliphatic heterocycles. The fourth-order valence-electron chi connectivity index (χ4n) is 1.37. The number of morpholine rings is 1. The molecule has 0 aromatic rings. The molecule has 1 atom stereocenters. The number of hydrogen-bond acceptors (Lipinski definition) is 4. The lowest BCUT2D eigenvalue weighted by molar-refractivity contribution is -0.140. The molecule has 0 bridgehead atoms. The highest BCUT2D eigenvalue weighted by Gasteiger charge is 2.23. The molecule has 2 N–H and O–H groups in total. The Morgan fingerprint density at radius 3 is 2.93 bits per heavy atom. The van der Waals surface area contributed by atoms with Crippen molar-refractivity contribution >= 4 is 11.8 Å².